The fourth-order valence-electron chi connectivity index (χ4n) is 3.68. The SMILES string of the molecule is CN(C)CC(=O)N1CCN(C)C(c2nc(C(=O)NCc3ccc(F)cc3)c(O)c(=O)n2C)C1.O=C(O)C(F)(F)F. The van der Waals surface area contributed by atoms with E-state index in [1.807, 2.05) is 26.0 Å². The number of aromatic hydroxyl groups is 1. The number of carboxylic acids is 1. The van der Waals surface area contributed by atoms with Crippen molar-refractivity contribution >= 4 is 17.8 Å². The number of hydrogen-bond acceptors (Lipinski definition) is 8. The van der Waals surface area contributed by atoms with Crippen LogP contribution >= 0.6 is 0 Å². The Morgan fingerprint density at radius 2 is 1.70 bits per heavy atom. The van der Waals surface area contributed by atoms with Crippen molar-refractivity contribution in [3.63, 3.8) is 0 Å². The smallest absolute Gasteiger partial charge is 0.490 e. The van der Waals surface area contributed by atoms with E-state index in [0.29, 0.717) is 25.2 Å². The van der Waals surface area contributed by atoms with Gasteiger partial charge in [-0.25, -0.2) is 14.2 Å². The summed E-state index contributed by atoms with van der Waals surface area (Å²) < 4.78 is 46.0. The Morgan fingerprint density at radius 1 is 1.12 bits per heavy atom. The zero-order valence-electron chi connectivity index (χ0n) is 22.2. The van der Waals surface area contributed by atoms with E-state index in [1.165, 1.54) is 35.9 Å². The number of halogens is 4. The maximum atomic E-state index is 13.1. The van der Waals surface area contributed by atoms with E-state index in [1.54, 1.807) is 9.80 Å². The molecule has 0 bridgehead atoms. The molecule has 1 unspecified atom stereocenters. The predicted molar refractivity (Wildman–Crippen MR) is 133 cm³/mol. The van der Waals surface area contributed by atoms with Gasteiger partial charge in [0.2, 0.25) is 11.7 Å². The summed E-state index contributed by atoms with van der Waals surface area (Å²) in [5.74, 6) is -4.40. The third-order valence-corrected chi connectivity index (χ3v) is 5.88. The molecule has 1 aliphatic heterocycles. The van der Waals surface area contributed by atoms with Gasteiger partial charge in [-0.15, -0.1) is 0 Å². The summed E-state index contributed by atoms with van der Waals surface area (Å²) in [6.45, 7) is 1.73. The molecule has 1 aromatic carbocycles. The fourth-order valence-corrected chi connectivity index (χ4v) is 3.68. The molecule has 2 heterocycles. The molecule has 0 aliphatic carbocycles. The Hall–Kier alpha value is -4.05. The standard InChI is InChI=1S/C22H29FN6O4.C2HF3O2/c1-26(2)13-17(30)29-10-9-27(3)16(12-29)20-25-18(19(31)22(33)28(20)4)21(32)24-11-14-5-7-15(23)8-6-14;3-2(4,5)1(6)7/h5-8,16,31H,9-13H2,1-4H3,(H,24,32);(H,6,7). The van der Waals surface area contributed by atoms with Crippen LogP contribution in [0.1, 0.15) is 27.9 Å². The molecule has 1 saturated heterocycles. The lowest BCUT2D eigenvalue weighted by Crippen LogP contribution is -2.52. The number of carbonyl (C=O) groups is 3. The zero-order valence-corrected chi connectivity index (χ0v) is 22.2. The van der Waals surface area contributed by atoms with Gasteiger partial charge < -0.3 is 25.3 Å². The molecule has 0 saturated carbocycles. The molecule has 2 aromatic rings. The molecule has 1 aromatic heterocycles. The molecular formula is C24H30F4N6O6. The van der Waals surface area contributed by atoms with E-state index in [-0.39, 0.29) is 30.5 Å². The van der Waals surface area contributed by atoms with Crippen molar-refractivity contribution in [3.8, 4) is 5.75 Å². The highest BCUT2D eigenvalue weighted by molar-refractivity contribution is 5.94. The van der Waals surface area contributed by atoms with Crippen molar-refractivity contribution in [1.82, 2.24) is 29.6 Å². The van der Waals surface area contributed by atoms with Crippen LogP contribution < -0.4 is 10.9 Å². The third-order valence-electron chi connectivity index (χ3n) is 5.88. The molecule has 220 valence electrons. The minimum atomic E-state index is -5.08. The number of carbonyl (C=O) groups excluding carboxylic acids is 2. The molecule has 1 aliphatic rings. The molecule has 16 heteroatoms. The number of likely N-dealkylation sites (N-methyl/N-ethyl adjacent to an activating group) is 2. The summed E-state index contributed by atoms with van der Waals surface area (Å²) in [7, 11) is 6.95. The molecule has 0 radical (unpaired) electrons. The van der Waals surface area contributed by atoms with E-state index < -0.39 is 41.2 Å². The van der Waals surface area contributed by atoms with Crippen molar-refractivity contribution in [2.75, 3.05) is 47.3 Å². The topological polar surface area (TPSA) is 148 Å². The van der Waals surface area contributed by atoms with Crippen molar-refractivity contribution < 1.29 is 42.2 Å². The summed E-state index contributed by atoms with van der Waals surface area (Å²) in [5, 5.41) is 20.0. The largest absolute Gasteiger partial charge is 0.501 e. The highest BCUT2D eigenvalue weighted by atomic mass is 19.4. The van der Waals surface area contributed by atoms with E-state index in [2.05, 4.69) is 10.3 Å². The number of nitrogens with one attached hydrogen (secondary N) is 1. The van der Waals surface area contributed by atoms with Crippen LogP contribution in [0.3, 0.4) is 0 Å². The Kier molecular flexibility index (Phi) is 10.7. The lowest BCUT2D eigenvalue weighted by atomic mass is 10.1. The monoisotopic (exact) mass is 574 g/mol. The average molecular weight is 575 g/mol. The van der Waals surface area contributed by atoms with Gasteiger partial charge in [-0.1, -0.05) is 12.1 Å². The van der Waals surface area contributed by atoms with Gasteiger partial charge in [0, 0.05) is 33.2 Å². The molecule has 1 fully saturated rings. The summed E-state index contributed by atoms with van der Waals surface area (Å²) in [4.78, 5) is 56.7. The van der Waals surface area contributed by atoms with Gasteiger partial charge in [-0.3, -0.25) is 23.9 Å². The van der Waals surface area contributed by atoms with Crippen LogP contribution in [0, 0.1) is 5.82 Å². The van der Waals surface area contributed by atoms with Crippen LogP contribution in [0.15, 0.2) is 29.1 Å². The zero-order chi connectivity index (χ0) is 30.4. The Labute approximate surface area is 226 Å². The first kappa shape index (κ1) is 32.2. The molecule has 40 heavy (non-hydrogen) atoms. The Morgan fingerprint density at radius 3 is 2.23 bits per heavy atom. The van der Waals surface area contributed by atoms with Crippen molar-refractivity contribution in [2.45, 2.75) is 18.8 Å². The first-order valence-corrected chi connectivity index (χ1v) is 11.8. The number of alkyl halides is 3. The molecule has 1 atom stereocenters. The van der Waals surface area contributed by atoms with Crippen LogP contribution in [0.5, 0.6) is 5.75 Å². The van der Waals surface area contributed by atoms with E-state index in [9.17, 15) is 37.1 Å². The minimum Gasteiger partial charge on any atom is -0.501 e. The Balaban J connectivity index is 0.000000708. The fraction of sp³-hybridized carbons (Fsp3) is 0.458. The lowest BCUT2D eigenvalue weighted by Gasteiger charge is -2.39. The quantitative estimate of drug-likeness (QED) is 0.421. The summed E-state index contributed by atoms with van der Waals surface area (Å²) in [6.07, 6.45) is -5.08. The minimum absolute atomic E-state index is 0.0425. The number of rotatable bonds is 6. The van der Waals surface area contributed by atoms with Gasteiger partial charge >= 0.3 is 12.1 Å². The van der Waals surface area contributed by atoms with Crippen LogP contribution in [0.4, 0.5) is 17.6 Å². The second-order valence-electron chi connectivity index (χ2n) is 9.22. The number of aliphatic carboxylic acids is 1. The number of carboxylic acid groups (broad SMARTS) is 1. The van der Waals surface area contributed by atoms with E-state index >= 15 is 0 Å². The highest BCUT2D eigenvalue weighted by Crippen LogP contribution is 2.24. The van der Waals surface area contributed by atoms with E-state index in [0.717, 1.165) is 0 Å². The predicted octanol–water partition coefficient (Wildman–Crippen LogP) is 0.565. The maximum Gasteiger partial charge on any atom is 0.490 e. The van der Waals surface area contributed by atoms with Crippen molar-refractivity contribution in [2.24, 2.45) is 7.05 Å². The molecule has 12 nitrogen and oxygen atoms in total. The summed E-state index contributed by atoms with van der Waals surface area (Å²) >= 11 is 0. The van der Waals surface area contributed by atoms with Gasteiger partial charge in [0.25, 0.3) is 11.5 Å². The number of benzene rings is 1. The molecule has 3 N–H and O–H groups in total. The van der Waals surface area contributed by atoms with Crippen LogP contribution in [-0.2, 0) is 23.2 Å². The lowest BCUT2D eigenvalue weighted by molar-refractivity contribution is -0.192. The van der Waals surface area contributed by atoms with E-state index in [4.69, 9.17) is 9.90 Å². The number of nitrogens with zero attached hydrogens (tertiary/aromatic N) is 5. The second kappa shape index (κ2) is 13.3. The highest BCUT2D eigenvalue weighted by Gasteiger charge is 2.38. The average Bonchev–Trinajstić information content (AvgIpc) is 2.87. The van der Waals surface area contributed by atoms with Gasteiger partial charge in [-0.2, -0.15) is 13.2 Å². The second-order valence-corrected chi connectivity index (χ2v) is 9.22. The number of aromatic nitrogens is 2. The van der Waals surface area contributed by atoms with Crippen LogP contribution in [0.25, 0.3) is 0 Å². The maximum absolute atomic E-state index is 13.1. The third kappa shape index (κ3) is 8.47. The number of piperazine rings is 1. The van der Waals surface area contributed by atoms with Gasteiger partial charge in [0.15, 0.2) is 5.69 Å². The normalized spacial score (nSPS) is 15.8. The van der Waals surface area contributed by atoms with Gasteiger partial charge in [0.05, 0.1) is 12.6 Å². The number of hydrogen-bond donors (Lipinski definition) is 3. The molecular weight excluding hydrogens is 544 g/mol. The van der Waals surface area contributed by atoms with Crippen LogP contribution in [-0.4, -0.2) is 106 Å². The first-order valence-electron chi connectivity index (χ1n) is 11.8. The van der Waals surface area contributed by atoms with Crippen LogP contribution in [0.2, 0.25) is 0 Å². The molecule has 2 amide bonds. The van der Waals surface area contributed by atoms with Crippen molar-refractivity contribution in [1.29, 1.82) is 0 Å². The molecule has 0 spiro atoms. The summed E-state index contributed by atoms with van der Waals surface area (Å²) in [6, 6.07) is 5.15. The van der Waals surface area contributed by atoms with Gasteiger partial charge in [-0.05, 0) is 38.8 Å². The Bertz CT molecular complexity index is 1280. The number of amides is 2. The first-order chi connectivity index (χ1) is 18.5. The van der Waals surface area contributed by atoms with Crippen molar-refractivity contribution in [3.05, 3.63) is 57.5 Å². The molecule has 3 rings (SSSR count). The summed E-state index contributed by atoms with van der Waals surface area (Å²) in [5.41, 5.74) is -0.493. The van der Waals surface area contributed by atoms with Gasteiger partial charge in [0.1, 0.15) is 11.6 Å².